The van der Waals surface area contributed by atoms with E-state index in [4.69, 9.17) is 0 Å². The SMILES string of the molecule is C[C@@H](NC1CCNC1)c1ccncc1. The number of hydrogen-bond donors (Lipinski definition) is 2. The quantitative estimate of drug-likeness (QED) is 0.751. The van der Waals surface area contributed by atoms with Gasteiger partial charge in [0.25, 0.3) is 0 Å². The van der Waals surface area contributed by atoms with Gasteiger partial charge in [0.15, 0.2) is 0 Å². The van der Waals surface area contributed by atoms with Crippen LogP contribution >= 0.6 is 0 Å². The molecule has 1 unspecified atom stereocenters. The van der Waals surface area contributed by atoms with Crippen LogP contribution in [0.1, 0.15) is 24.9 Å². The maximum Gasteiger partial charge on any atom is 0.0296 e. The Bertz CT molecular complexity index is 267. The van der Waals surface area contributed by atoms with Crippen molar-refractivity contribution in [3.63, 3.8) is 0 Å². The number of nitrogens with one attached hydrogen (secondary N) is 2. The maximum atomic E-state index is 4.02. The summed E-state index contributed by atoms with van der Waals surface area (Å²) < 4.78 is 0. The van der Waals surface area contributed by atoms with Crippen molar-refractivity contribution in [2.75, 3.05) is 13.1 Å². The van der Waals surface area contributed by atoms with Crippen LogP contribution in [0.5, 0.6) is 0 Å². The minimum Gasteiger partial charge on any atom is -0.315 e. The summed E-state index contributed by atoms with van der Waals surface area (Å²) in [6.07, 6.45) is 4.93. The van der Waals surface area contributed by atoms with Gasteiger partial charge in [0, 0.05) is 31.0 Å². The van der Waals surface area contributed by atoms with Gasteiger partial charge in [0.2, 0.25) is 0 Å². The molecule has 76 valence electrons. The third kappa shape index (κ3) is 2.30. The molecule has 1 fully saturated rings. The molecule has 3 heteroatoms. The highest BCUT2D eigenvalue weighted by molar-refractivity contribution is 5.14. The number of nitrogens with zero attached hydrogens (tertiary/aromatic N) is 1. The number of aromatic nitrogens is 1. The molecular weight excluding hydrogens is 174 g/mol. The molecule has 0 saturated carbocycles. The summed E-state index contributed by atoms with van der Waals surface area (Å²) in [5.74, 6) is 0. The van der Waals surface area contributed by atoms with E-state index in [9.17, 15) is 0 Å². The molecule has 1 aliphatic rings. The molecule has 0 spiro atoms. The van der Waals surface area contributed by atoms with Crippen LogP contribution in [0.15, 0.2) is 24.5 Å². The summed E-state index contributed by atoms with van der Waals surface area (Å²) in [6, 6.07) is 5.18. The van der Waals surface area contributed by atoms with Crippen molar-refractivity contribution in [1.29, 1.82) is 0 Å². The topological polar surface area (TPSA) is 37.0 Å². The molecular formula is C11H17N3. The number of rotatable bonds is 3. The third-order valence-corrected chi connectivity index (χ3v) is 2.75. The van der Waals surface area contributed by atoms with Crippen LogP contribution in [0, 0.1) is 0 Å². The van der Waals surface area contributed by atoms with Crippen molar-refractivity contribution in [3.8, 4) is 0 Å². The molecule has 2 atom stereocenters. The second-order valence-electron chi connectivity index (χ2n) is 3.86. The smallest absolute Gasteiger partial charge is 0.0296 e. The minimum absolute atomic E-state index is 0.419. The van der Waals surface area contributed by atoms with E-state index in [0.29, 0.717) is 12.1 Å². The average molecular weight is 191 g/mol. The fourth-order valence-electron chi connectivity index (χ4n) is 1.90. The van der Waals surface area contributed by atoms with Crippen LogP contribution < -0.4 is 10.6 Å². The number of pyridine rings is 1. The zero-order chi connectivity index (χ0) is 9.80. The Labute approximate surface area is 84.9 Å². The molecule has 2 rings (SSSR count). The molecule has 0 aliphatic carbocycles. The summed E-state index contributed by atoms with van der Waals surface area (Å²) in [4.78, 5) is 4.02. The minimum atomic E-state index is 0.419. The van der Waals surface area contributed by atoms with Crippen molar-refractivity contribution in [2.24, 2.45) is 0 Å². The predicted octanol–water partition coefficient (Wildman–Crippen LogP) is 1.09. The molecule has 0 amide bonds. The van der Waals surface area contributed by atoms with Gasteiger partial charge in [-0.25, -0.2) is 0 Å². The molecule has 1 aromatic rings. The van der Waals surface area contributed by atoms with Crippen molar-refractivity contribution in [1.82, 2.24) is 15.6 Å². The molecule has 0 aromatic carbocycles. The second-order valence-corrected chi connectivity index (χ2v) is 3.86. The fraction of sp³-hybridized carbons (Fsp3) is 0.545. The van der Waals surface area contributed by atoms with E-state index in [1.807, 2.05) is 12.4 Å². The summed E-state index contributed by atoms with van der Waals surface area (Å²) in [5, 5.41) is 6.96. The van der Waals surface area contributed by atoms with E-state index in [2.05, 4.69) is 34.7 Å². The Morgan fingerprint density at radius 3 is 2.93 bits per heavy atom. The normalized spacial score (nSPS) is 23.6. The first-order valence-electron chi connectivity index (χ1n) is 5.23. The Balaban J connectivity index is 1.92. The monoisotopic (exact) mass is 191 g/mol. The van der Waals surface area contributed by atoms with Gasteiger partial charge in [-0.05, 0) is 37.6 Å². The van der Waals surface area contributed by atoms with E-state index >= 15 is 0 Å². The van der Waals surface area contributed by atoms with Crippen molar-refractivity contribution in [3.05, 3.63) is 30.1 Å². The van der Waals surface area contributed by atoms with Gasteiger partial charge in [-0.1, -0.05) is 0 Å². The highest BCUT2D eigenvalue weighted by atomic mass is 15.0. The van der Waals surface area contributed by atoms with Gasteiger partial charge in [-0.15, -0.1) is 0 Å². The van der Waals surface area contributed by atoms with E-state index in [0.717, 1.165) is 13.1 Å². The Hall–Kier alpha value is -0.930. The lowest BCUT2D eigenvalue weighted by molar-refractivity contribution is 0.478. The molecule has 1 aromatic heterocycles. The van der Waals surface area contributed by atoms with E-state index in [-0.39, 0.29) is 0 Å². The highest BCUT2D eigenvalue weighted by Gasteiger charge is 2.16. The lowest BCUT2D eigenvalue weighted by Crippen LogP contribution is -2.33. The predicted molar refractivity (Wildman–Crippen MR) is 57.1 cm³/mol. The zero-order valence-electron chi connectivity index (χ0n) is 8.53. The second kappa shape index (κ2) is 4.53. The van der Waals surface area contributed by atoms with Crippen LogP contribution in [-0.4, -0.2) is 24.1 Å². The van der Waals surface area contributed by atoms with E-state index in [1.54, 1.807) is 0 Å². The van der Waals surface area contributed by atoms with Gasteiger partial charge < -0.3 is 10.6 Å². The first kappa shape index (κ1) is 9.62. The Morgan fingerprint density at radius 2 is 2.29 bits per heavy atom. The van der Waals surface area contributed by atoms with Crippen LogP contribution in [0.3, 0.4) is 0 Å². The summed E-state index contributed by atoms with van der Waals surface area (Å²) >= 11 is 0. The third-order valence-electron chi connectivity index (χ3n) is 2.75. The standard InChI is InChI=1S/C11H17N3/c1-9(10-2-5-12-6-3-10)14-11-4-7-13-8-11/h2-3,5-6,9,11,13-14H,4,7-8H2,1H3/t9-,11?/m1/s1. The van der Waals surface area contributed by atoms with Crippen LogP contribution in [0.4, 0.5) is 0 Å². The summed E-state index contributed by atoms with van der Waals surface area (Å²) in [5.41, 5.74) is 1.31. The summed E-state index contributed by atoms with van der Waals surface area (Å²) in [7, 11) is 0. The zero-order valence-corrected chi connectivity index (χ0v) is 8.53. The molecule has 0 radical (unpaired) electrons. The van der Waals surface area contributed by atoms with Gasteiger partial charge in [-0.2, -0.15) is 0 Å². The average Bonchev–Trinajstić information content (AvgIpc) is 2.72. The van der Waals surface area contributed by atoms with Crippen molar-refractivity contribution in [2.45, 2.75) is 25.4 Å². The lowest BCUT2D eigenvalue weighted by Gasteiger charge is -2.18. The first-order valence-corrected chi connectivity index (χ1v) is 5.23. The molecule has 2 heterocycles. The Kier molecular flexibility index (Phi) is 3.11. The van der Waals surface area contributed by atoms with Crippen LogP contribution in [0.25, 0.3) is 0 Å². The lowest BCUT2D eigenvalue weighted by atomic mass is 10.1. The number of hydrogen-bond acceptors (Lipinski definition) is 3. The first-order chi connectivity index (χ1) is 6.86. The van der Waals surface area contributed by atoms with Crippen LogP contribution in [0.2, 0.25) is 0 Å². The van der Waals surface area contributed by atoms with E-state index < -0.39 is 0 Å². The van der Waals surface area contributed by atoms with Crippen molar-refractivity contribution < 1.29 is 0 Å². The van der Waals surface area contributed by atoms with Gasteiger partial charge in [0.1, 0.15) is 0 Å². The van der Waals surface area contributed by atoms with Crippen LogP contribution in [-0.2, 0) is 0 Å². The summed E-state index contributed by atoms with van der Waals surface area (Å²) in [6.45, 7) is 4.43. The molecule has 0 bridgehead atoms. The highest BCUT2D eigenvalue weighted by Crippen LogP contribution is 2.12. The fourth-order valence-corrected chi connectivity index (χ4v) is 1.90. The van der Waals surface area contributed by atoms with Crippen molar-refractivity contribution >= 4 is 0 Å². The van der Waals surface area contributed by atoms with Gasteiger partial charge >= 0.3 is 0 Å². The van der Waals surface area contributed by atoms with Gasteiger partial charge in [-0.3, -0.25) is 4.98 Å². The molecule has 2 N–H and O–H groups in total. The van der Waals surface area contributed by atoms with E-state index in [1.165, 1.54) is 12.0 Å². The maximum absolute atomic E-state index is 4.02. The van der Waals surface area contributed by atoms with Gasteiger partial charge in [0.05, 0.1) is 0 Å². The molecule has 14 heavy (non-hydrogen) atoms. The largest absolute Gasteiger partial charge is 0.315 e. The Morgan fingerprint density at radius 1 is 1.50 bits per heavy atom. The molecule has 3 nitrogen and oxygen atoms in total. The molecule has 1 saturated heterocycles. The molecule has 1 aliphatic heterocycles.